The van der Waals surface area contributed by atoms with Gasteiger partial charge in [0.05, 0.1) is 23.7 Å². The molecular weight excluding hydrogens is 673 g/mol. The maximum absolute atomic E-state index is 12.7. The molecule has 0 aromatic heterocycles. The molecule has 3 fully saturated rings. The van der Waals surface area contributed by atoms with Gasteiger partial charge in [-0.3, -0.25) is 4.18 Å². The van der Waals surface area contributed by atoms with E-state index in [1.807, 2.05) is 19.1 Å². The fourth-order valence-corrected chi connectivity index (χ4v) is 12.3. The normalized spacial score (nSPS) is 29.4. The summed E-state index contributed by atoms with van der Waals surface area (Å²) < 4.78 is 45.0. The Balaban J connectivity index is 1.44. The Morgan fingerprint density at radius 2 is 1.46 bits per heavy atom. The van der Waals surface area contributed by atoms with E-state index in [4.69, 9.17) is 13.0 Å². The minimum atomic E-state index is -3.71. The van der Waals surface area contributed by atoms with Crippen LogP contribution in [0.1, 0.15) is 125 Å². The number of hydrogen-bond donors (Lipinski definition) is 0. The molecule has 0 N–H and O–H groups in total. The molecule has 6 atom stereocenters. The molecule has 5 nitrogen and oxygen atoms in total. The number of aryl methyl sites for hydroxylation is 1. The van der Waals surface area contributed by atoms with E-state index in [1.165, 1.54) is 37.7 Å². The summed E-state index contributed by atoms with van der Waals surface area (Å²) in [4.78, 5) is 0.240. The van der Waals surface area contributed by atoms with Crippen LogP contribution in [-0.2, 0) is 23.2 Å². The highest BCUT2D eigenvalue weighted by Crippen LogP contribution is 2.60. The fraction of sp³-hybridized carbons (Fsp3) is 0.762. The molecule has 8 heteroatoms. The quantitative estimate of drug-likeness (QED) is 0.121. The van der Waals surface area contributed by atoms with Crippen LogP contribution in [0.5, 0.6) is 0 Å². The first-order chi connectivity index (χ1) is 23.0. The fourth-order valence-electron chi connectivity index (χ4n) is 8.62. The Hall–Kier alpha value is -1.04. The summed E-state index contributed by atoms with van der Waals surface area (Å²) in [5.41, 5.74) is 4.47. The maximum Gasteiger partial charge on any atom is 0.296 e. The summed E-state index contributed by atoms with van der Waals surface area (Å²) in [5, 5.41) is 0.363. The predicted molar refractivity (Wildman–Crippen MR) is 215 cm³/mol. The smallest absolute Gasteiger partial charge is 0.296 e. The zero-order valence-corrected chi connectivity index (χ0v) is 36.9. The van der Waals surface area contributed by atoms with Crippen molar-refractivity contribution in [3.63, 3.8) is 0 Å². The Morgan fingerprint density at radius 1 is 0.900 bits per heavy atom. The third-order valence-electron chi connectivity index (χ3n) is 13.7. The molecule has 3 saturated carbocycles. The molecule has 0 amide bonds. The Kier molecular flexibility index (Phi) is 13.1. The first-order valence-corrected chi connectivity index (χ1v) is 26.9. The van der Waals surface area contributed by atoms with Gasteiger partial charge in [-0.05, 0) is 143 Å². The molecule has 0 saturated heterocycles. The minimum absolute atomic E-state index is 0.181. The van der Waals surface area contributed by atoms with E-state index in [1.54, 1.807) is 17.7 Å². The van der Waals surface area contributed by atoms with E-state index >= 15 is 0 Å². The van der Waals surface area contributed by atoms with Crippen molar-refractivity contribution < 1.29 is 21.5 Å². The first-order valence-electron chi connectivity index (χ1n) is 19.7. The molecule has 3 aliphatic carbocycles. The van der Waals surface area contributed by atoms with Crippen molar-refractivity contribution in [1.82, 2.24) is 0 Å². The van der Waals surface area contributed by atoms with E-state index in [-0.39, 0.29) is 33.8 Å². The molecule has 0 spiro atoms. The third kappa shape index (κ3) is 9.93. The van der Waals surface area contributed by atoms with Gasteiger partial charge in [-0.1, -0.05) is 96.4 Å². The van der Waals surface area contributed by atoms with Crippen LogP contribution in [0, 0.1) is 30.1 Å². The van der Waals surface area contributed by atoms with Crippen LogP contribution in [0.4, 0.5) is 0 Å². The predicted octanol–water partition coefficient (Wildman–Crippen LogP) is 12.2. The van der Waals surface area contributed by atoms with E-state index in [9.17, 15) is 8.42 Å². The molecule has 0 unspecified atom stereocenters. The van der Waals surface area contributed by atoms with Crippen molar-refractivity contribution in [2.45, 2.75) is 180 Å². The highest BCUT2D eigenvalue weighted by molar-refractivity contribution is 7.86. The highest BCUT2D eigenvalue weighted by atomic mass is 32.2. The van der Waals surface area contributed by atoms with Crippen molar-refractivity contribution in [2.24, 2.45) is 23.2 Å². The van der Waals surface area contributed by atoms with Gasteiger partial charge in [-0.25, -0.2) is 0 Å². The molecular formula is C42H72O5SSi2. The van der Waals surface area contributed by atoms with Gasteiger partial charge in [0.25, 0.3) is 10.1 Å². The van der Waals surface area contributed by atoms with Crippen molar-refractivity contribution in [2.75, 3.05) is 6.61 Å². The highest BCUT2D eigenvalue weighted by Gasteiger charge is 2.50. The molecule has 1 aromatic carbocycles. The second-order valence-electron chi connectivity index (χ2n) is 19.5. The standard InChI is InChI=1S/C42H72O5SSi2/c1-31-18-22-37(23-19-31)48(43,44)45-27-15-16-32(2)38-24-25-39-34(17-14-26-42(38,39)9)21-20-33-28-35(46-49(10,11)40(3,4)5)30-36(29-33)47-50(12,13)41(6,7)8/h18-23,32,35-36,38-39H,14-17,24-30H2,1-13H3/b33-20?,34-21+/t32-,35-,36+,38-,39+,42-/m1/s1. The van der Waals surface area contributed by atoms with Gasteiger partial charge in [-0.15, -0.1) is 0 Å². The number of benzene rings is 1. The molecule has 4 rings (SSSR count). The zero-order chi connectivity index (χ0) is 37.3. The second-order valence-corrected chi connectivity index (χ2v) is 30.6. The van der Waals surface area contributed by atoms with E-state index in [0.29, 0.717) is 23.2 Å². The molecule has 0 radical (unpaired) electrons. The van der Waals surface area contributed by atoms with Gasteiger partial charge >= 0.3 is 0 Å². The topological polar surface area (TPSA) is 61.8 Å². The molecule has 1 aromatic rings. The van der Waals surface area contributed by atoms with Gasteiger partial charge in [0.2, 0.25) is 0 Å². The molecule has 284 valence electrons. The molecule has 0 aliphatic heterocycles. The second kappa shape index (κ2) is 15.7. The number of fused-ring (bicyclic) bond motifs is 1. The largest absolute Gasteiger partial charge is 0.414 e. The summed E-state index contributed by atoms with van der Waals surface area (Å²) in [6, 6.07) is 6.90. The summed E-state index contributed by atoms with van der Waals surface area (Å²) in [6.45, 7) is 30.7. The van der Waals surface area contributed by atoms with E-state index in [0.717, 1.165) is 37.7 Å². The van der Waals surface area contributed by atoms with Crippen LogP contribution in [0.15, 0.2) is 52.5 Å². The Labute approximate surface area is 309 Å². The van der Waals surface area contributed by atoms with Crippen molar-refractivity contribution in [3.8, 4) is 0 Å². The van der Waals surface area contributed by atoms with E-state index in [2.05, 4.69) is 93.7 Å². The molecule has 50 heavy (non-hydrogen) atoms. The van der Waals surface area contributed by atoms with Crippen LogP contribution >= 0.6 is 0 Å². The monoisotopic (exact) mass is 744 g/mol. The van der Waals surface area contributed by atoms with Gasteiger partial charge in [0.1, 0.15) is 0 Å². The van der Waals surface area contributed by atoms with Crippen LogP contribution in [0.2, 0.25) is 36.3 Å². The Bertz CT molecular complexity index is 1430. The summed E-state index contributed by atoms with van der Waals surface area (Å²) in [7, 11) is -7.54. The van der Waals surface area contributed by atoms with Gasteiger partial charge in [-0.2, -0.15) is 8.42 Å². The van der Waals surface area contributed by atoms with Crippen LogP contribution in [0.3, 0.4) is 0 Å². The zero-order valence-electron chi connectivity index (χ0n) is 34.1. The number of hydrogen-bond acceptors (Lipinski definition) is 5. The van der Waals surface area contributed by atoms with Crippen LogP contribution in [0.25, 0.3) is 0 Å². The maximum atomic E-state index is 12.7. The summed E-state index contributed by atoms with van der Waals surface area (Å²) >= 11 is 0. The van der Waals surface area contributed by atoms with Gasteiger partial charge < -0.3 is 8.85 Å². The average Bonchev–Trinajstić information content (AvgIpc) is 3.34. The lowest BCUT2D eigenvalue weighted by Crippen LogP contribution is -2.48. The van der Waals surface area contributed by atoms with Crippen LogP contribution < -0.4 is 0 Å². The lowest BCUT2D eigenvalue weighted by Gasteiger charge is -2.45. The van der Waals surface area contributed by atoms with Crippen LogP contribution in [-0.4, -0.2) is 43.9 Å². The minimum Gasteiger partial charge on any atom is -0.414 e. The lowest BCUT2D eigenvalue weighted by molar-refractivity contribution is 0.0725. The van der Waals surface area contributed by atoms with Crippen molar-refractivity contribution in [1.29, 1.82) is 0 Å². The SMILES string of the molecule is Cc1ccc(S(=O)(=O)OCCC[C@@H](C)[C@H]2CC[C@H]3/C(=C/C=C4C[C@@H](O[Si](C)(C)C(C)(C)C)C[C@@H](O[Si](C)(C)C(C)(C)C)C4)CCC[C@]23C)cc1. The number of allylic oxidation sites excluding steroid dienone is 3. The number of rotatable bonds is 12. The summed E-state index contributed by atoms with van der Waals surface area (Å²) in [5.74, 6) is 1.81. The Morgan fingerprint density at radius 3 is 2.00 bits per heavy atom. The molecule has 0 heterocycles. The van der Waals surface area contributed by atoms with Crippen molar-refractivity contribution >= 4 is 26.8 Å². The lowest BCUT2D eigenvalue weighted by atomic mass is 9.61. The van der Waals surface area contributed by atoms with E-state index < -0.39 is 26.8 Å². The molecule has 0 bridgehead atoms. The van der Waals surface area contributed by atoms with Crippen molar-refractivity contribution in [3.05, 3.63) is 53.1 Å². The van der Waals surface area contributed by atoms with Gasteiger partial charge in [0.15, 0.2) is 16.6 Å². The first kappa shape index (κ1) is 41.7. The molecule has 3 aliphatic rings. The summed E-state index contributed by atoms with van der Waals surface area (Å²) in [6.07, 6.45) is 16.4. The average molecular weight is 745 g/mol. The van der Waals surface area contributed by atoms with Gasteiger partial charge in [0, 0.05) is 0 Å². The third-order valence-corrected chi connectivity index (χ3v) is 24.0.